The Morgan fingerprint density at radius 2 is 0.882 bits per heavy atom. The Balaban J connectivity index is 4.78. The van der Waals surface area contributed by atoms with Crippen LogP contribution in [-0.4, -0.2) is 23.1 Å². The van der Waals surface area contributed by atoms with E-state index < -0.39 is 28.6 Å². The Morgan fingerprint density at radius 3 is 1.06 bits per heavy atom. The van der Waals surface area contributed by atoms with Crippen LogP contribution in [0.5, 0.6) is 0 Å². The third-order valence-corrected chi connectivity index (χ3v) is 1.82. The minimum Gasteiger partial charge on any atom is -0.459 e. The first-order chi connectivity index (χ1) is 7.26. The molecule has 0 aliphatic carbocycles. The van der Waals surface area contributed by atoms with Gasteiger partial charge in [0.05, 0.1) is 0 Å². The minimum atomic E-state index is -1.29. The SMILES string of the molecule is CC(C)(C)OC(=O)C(C)(C)C(=O)OC(C)(C)C. The highest BCUT2D eigenvalue weighted by Gasteiger charge is 2.42. The van der Waals surface area contributed by atoms with Crippen LogP contribution in [0, 0.1) is 5.41 Å². The molecule has 4 heteroatoms. The predicted octanol–water partition coefficient (Wildman–Crippen LogP) is 2.70. The zero-order chi connectivity index (χ0) is 14.1. The third kappa shape index (κ3) is 5.71. The van der Waals surface area contributed by atoms with E-state index in [0.717, 1.165) is 0 Å². The number of esters is 2. The molecule has 0 amide bonds. The summed E-state index contributed by atoms with van der Waals surface area (Å²) in [5, 5.41) is 0. The van der Waals surface area contributed by atoms with E-state index in [1.807, 2.05) is 0 Å². The second kappa shape index (κ2) is 4.67. The third-order valence-electron chi connectivity index (χ3n) is 1.82. The van der Waals surface area contributed by atoms with E-state index in [1.54, 1.807) is 41.5 Å². The number of carbonyl (C=O) groups is 2. The molecular weight excluding hydrogens is 220 g/mol. The highest BCUT2D eigenvalue weighted by Crippen LogP contribution is 2.25. The van der Waals surface area contributed by atoms with Crippen molar-refractivity contribution < 1.29 is 19.1 Å². The van der Waals surface area contributed by atoms with Crippen LogP contribution in [0.2, 0.25) is 0 Å². The maximum Gasteiger partial charge on any atom is 0.323 e. The van der Waals surface area contributed by atoms with Crippen LogP contribution in [0.25, 0.3) is 0 Å². The van der Waals surface area contributed by atoms with Crippen molar-refractivity contribution in [2.45, 2.75) is 66.6 Å². The van der Waals surface area contributed by atoms with Gasteiger partial charge in [0.15, 0.2) is 5.41 Å². The monoisotopic (exact) mass is 244 g/mol. The van der Waals surface area contributed by atoms with Gasteiger partial charge in [0, 0.05) is 0 Å². The molecule has 4 nitrogen and oxygen atoms in total. The van der Waals surface area contributed by atoms with E-state index in [4.69, 9.17) is 9.47 Å². The van der Waals surface area contributed by atoms with Crippen LogP contribution in [-0.2, 0) is 19.1 Å². The molecule has 0 rings (SSSR count). The van der Waals surface area contributed by atoms with Gasteiger partial charge in [0.2, 0.25) is 0 Å². The van der Waals surface area contributed by atoms with Crippen molar-refractivity contribution in [1.82, 2.24) is 0 Å². The van der Waals surface area contributed by atoms with Crippen molar-refractivity contribution in [2.75, 3.05) is 0 Å². The summed E-state index contributed by atoms with van der Waals surface area (Å²) >= 11 is 0. The summed E-state index contributed by atoms with van der Waals surface area (Å²) in [5.41, 5.74) is -2.52. The lowest BCUT2D eigenvalue weighted by atomic mass is 9.93. The summed E-state index contributed by atoms with van der Waals surface area (Å²) in [6.07, 6.45) is 0. The van der Waals surface area contributed by atoms with Gasteiger partial charge in [0.1, 0.15) is 11.2 Å². The van der Waals surface area contributed by atoms with Gasteiger partial charge in [0.25, 0.3) is 0 Å². The molecular formula is C13H24O4. The van der Waals surface area contributed by atoms with Gasteiger partial charge >= 0.3 is 11.9 Å². The summed E-state index contributed by atoms with van der Waals surface area (Å²) in [6, 6.07) is 0. The molecule has 0 aromatic heterocycles. The minimum absolute atomic E-state index is 0.570. The number of rotatable bonds is 2. The molecule has 0 aliphatic rings. The Morgan fingerprint density at radius 1 is 0.647 bits per heavy atom. The molecule has 0 aromatic carbocycles. The topological polar surface area (TPSA) is 52.6 Å². The number of carbonyl (C=O) groups excluding carboxylic acids is 2. The molecule has 0 heterocycles. The van der Waals surface area contributed by atoms with Gasteiger partial charge < -0.3 is 9.47 Å². The fraction of sp³-hybridized carbons (Fsp3) is 0.846. The van der Waals surface area contributed by atoms with Crippen molar-refractivity contribution in [1.29, 1.82) is 0 Å². The van der Waals surface area contributed by atoms with Crippen LogP contribution < -0.4 is 0 Å². The molecule has 0 spiro atoms. The maximum absolute atomic E-state index is 11.9. The Labute approximate surface area is 104 Å². The molecule has 0 unspecified atom stereocenters. The number of hydrogen-bond acceptors (Lipinski definition) is 4. The van der Waals surface area contributed by atoms with Crippen LogP contribution in [0.3, 0.4) is 0 Å². The lowest BCUT2D eigenvalue weighted by Gasteiger charge is -2.29. The van der Waals surface area contributed by atoms with E-state index in [9.17, 15) is 9.59 Å². The van der Waals surface area contributed by atoms with Crippen LogP contribution >= 0.6 is 0 Å². The van der Waals surface area contributed by atoms with Crippen molar-refractivity contribution in [3.8, 4) is 0 Å². The van der Waals surface area contributed by atoms with Crippen LogP contribution in [0.15, 0.2) is 0 Å². The van der Waals surface area contributed by atoms with Crippen molar-refractivity contribution >= 4 is 11.9 Å². The molecule has 0 bridgehead atoms. The van der Waals surface area contributed by atoms with Crippen molar-refractivity contribution in [2.24, 2.45) is 5.41 Å². The van der Waals surface area contributed by atoms with Crippen molar-refractivity contribution in [3.63, 3.8) is 0 Å². The highest BCUT2D eigenvalue weighted by atomic mass is 16.6. The smallest absolute Gasteiger partial charge is 0.323 e. The molecule has 17 heavy (non-hydrogen) atoms. The average molecular weight is 244 g/mol. The van der Waals surface area contributed by atoms with E-state index in [2.05, 4.69) is 0 Å². The van der Waals surface area contributed by atoms with Crippen LogP contribution in [0.1, 0.15) is 55.4 Å². The van der Waals surface area contributed by atoms with Crippen LogP contribution in [0.4, 0.5) is 0 Å². The zero-order valence-electron chi connectivity index (χ0n) is 12.1. The molecule has 0 saturated carbocycles. The Kier molecular flexibility index (Phi) is 4.38. The second-order valence-electron chi connectivity index (χ2n) is 6.63. The summed E-state index contributed by atoms with van der Waals surface area (Å²) in [5.74, 6) is -1.14. The lowest BCUT2D eigenvalue weighted by Crippen LogP contribution is -2.42. The number of ether oxygens (including phenoxy) is 2. The van der Waals surface area contributed by atoms with Gasteiger partial charge in [-0.15, -0.1) is 0 Å². The predicted molar refractivity (Wildman–Crippen MR) is 65.5 cm³/mol. The van der Waals surface area contributed by atoms with E-state index in [1.165, 1.54) is 13.8 Å². The average Bonchev–Trinajstić information content (AvgIpc) is 1.96. The first kappa shape index (κ1) is 15.9. The quantitative estimate of drug-likeness (QED) is 0.553. The fourth-order valence-electron chi connectivity index (χ4n) is 0.895. The van der Waals surface area contributed by atoms with E-state index in [-0.39, 0.29) is 0 Å². The lowest BCUT2D eigenvalue weighted by molar-refractivity contribution is -0.182. The Bertz CT molecular complexity index is 272. The van der Waals surface area contributed by atoms with E-state index >= 15 is 0 Å². The molecule has 0 saturated heterocycles. The summed E-state index contributed by atoms with van der Waals surface area (Å²) in [7, 11) is 0. The van der Waals surface area contributed by atoms with Gasteiger partial charge in [-0.05, 0) is 55.4 Å². The first-order valence-corrected chi connectivity index (χ1v) is 5.72. The molecule has 0 atom stereocenters. The van der Waals surface area contributed by atoms with Gasteiger partial charge in [-0.25, -0.2) is 0 Å². The largest absolute Gasteiger partial charge is 0.459 e. The molecule has 0 aliphatic heterocycles. The first-order valence-electron chi connectivity index (χ1n) is 5.72. The summed E-state index contributed by atoms with van der Waals surface area (Å²) in [6.45, 7) is 13.6. The van der Waals surface area contributed by atoms with Gasteiger partial charge in [-0.1, -0.05) is 0 Å². The molecule has 0 N–H and O–H groups in total. The van der Waals surface area contributed by atoms with E-state index in [0.29, 0.717) is 0 Å². The normalized spacial score (nSPS) is 13.2. The highest BCUT2D eigenvalue weighted by molar-refractivity contribution is 5.99. The second-order valence-corrected chi connectivity index (χ2v) is 6.63. The fourth-order valence-corrected chi connectivity index (χ4v) is 0.895. The molecule has 100 valence electrons. The van der Waals surface area contributed by atoms with Gasteiger partial charge in [-0.2, -0.15) is 0 Å². The van der Waals surface area contributed by atoms with Crippen molar-refractivity contribution in [3.05, 3.63) is 0 Å². The number of hydrogen-bond donors (Lipinski definition) is 0. The standard InChI is InChI=1S/C13H24O4/c1-11(2,3)16-9(14)13(7,8)10(15)17-12(4,5)6/h1-8H3. The van der Waals surface area contributed by atoms with Gasteiger partial charge in [-0.3, -0.25) is 9.59 Å². The maximum atomic E-state index is 11.9. The molecule has 0 fully saturated rings. The molecule has 0 radical (unpaired) electrons. The summed E-state index contributed by atoms with van der Waals surface area (Å²) in [4.78, 5) is 23.8. The molecule has 0 aromatic rings. The Hall–Kier alpha value is -1.06. The summed E-state index contributed by atoms with van der Waals surface area (Å²) < 4.78 is 10.4. The zero-order valence-corrected chi connectivity index (χ0v) is 12.1.